The van der Waals surface area contributed by atoms with E-state index in [4.69, 9.17) is 11.6 Å². The van der Waals surface area contributed by atoms with Crippen LogP contribution in [-0.4, -0.2) is 31.1 Å². The van der Waals surface area contributed by atoms with E-state index in [1.54, 1.807) is 12.1 Å². The summed E-state index contributed by atoms with van der Waals surface area (Å²) in [4.78, 5) is 2.48. The number of rotatable bonds is 3. The van der Waals surface area contributed by atoms with E-state index in [1.165, 1.54) is 0 Å². The van der Waals surface area contributed by atoms with Gasteiger partial charge in [-0.3, -0.25) is 4.90 Å². The largest absolute Gasteiger partial charge is 0.416 e. The zero-order valence-corrected chi connectivity index (χ0v) is 16.6. The van der Waals surface area contributed by atoms with Crippen molar-refractivity contribution in [3.05, 3.63) is 56.2 Å². The Balaban J connectivity index is 0.00000280. The maximum atomic E-state index is 13.2. The van der Waals surface area contributed by atoms with Gasteiger partial charge in [-0.25, -0.2) is 0 Å². The maximum Gasteiger partial charge on any atom is 0.416 e. The quantitative estimate of drug-likeness (QED) is 0.572. The summed E-state index contributed by atoms with van der Waals surface area (Å²) in [7, 11) is 0. The Hall–Kier alpha value is -1.00. The van der Waals surface area contributed by atoms with E-state index in [-0.39, 0.29) is 24.0 Å². The van der Waals surface area contributed by atoms with Crippen LogP contribution in [-0.2, 0) is 12.4 Å². The molecule has 0 spiro atoms. The lowest BCUT2D eigenvalue weighted by atomic mass is 9.97. The summed E-state index contributed by atoms with van der Waals surface area (Å²) in [5, 5.41) is 3.12. The SMILES string of the molecule is Cl.FC(F)(F)c1cc([C@@H](c2ccc(Cl)s2)N2CCNCC2)cc(C(F)(F)F)c1. The molecule has 1 N–H and O–H groups in total. The molecule has 28 heavy (non-hydrogen) atoms. The molecule has 1 fully saturated rings. The summed E-state index contributed by atoms with van der Waals surface area (Å²) in [5.41, 5.74) is -2.66. The zero-order valence-electron chi connectivity index (χ0n) is 14.2. The number of piperazine rings is 1. The Bertz CT molecular complexity index is 767. The Morgan fingerprint density at radius 3 is 1.89 bits per heavy atom. The van der Waals surface area contributed by atoms with Crippen molar-refractivity contribution >= 4 is 35.3 Å². The summed E-state index contributed by atoms with van der Waals surface area (Å²) in [6.07, 6.45) is -9.76. The van der Waals surface area contributed by atoms with Crippen LogP contribution >= 0.6 is 35.3 Å². The van der Waals surface area contributed by atoms with Crippen LogP contribution in [0.5, 0.6) is 0 Å². The van der Waals surface area contributed by atoms with Crippen molar-refractivity contribution in [2.24, 2.45) is 0 Å². The molecular formula is C17H16Cl2F6N2S. The summed E-state index contributed by atoms with van der Waals surface area (Å²) in [6.45, 7) is 2.19. The van der Waals surface area contributed by atoms with E-state index in [2.05, 4.69) is 5.32 Å². The Morgan fingerprint density at radius 2 is 1.46 bits per heavy atom. The number of benzene rings is 1. The van der Waals surface area contributed by atoms with Crippen LogP contribution in [0.4, 0.5) is 26.3 Å². The van der Waals surface area contributed by atoms with Gasteiger partial charge in [-0.15, -0.1) is 23.7 Å². The molecule has 1 aromatic heterocycles. The molecule has 1 aliphatic heterocycles. The number of alkyl halides is 6. The van der Waals surface area contributed by atoms with Crippen LogP contribution in [0.25, 0.3) is 0 Å². The minimum absolute atomic E-state index is 0. The van der Waals surface area contributed by atoms with Crippen molar-refractivity contribution in [3.8, 4) is 0 Å². The molecule has 0 saturated carbocycles. The van der Waals surface area contributed by atoms with Gasteiger partial charge in [0.15, 0.2) is 0 Å². The van der Waals surface area contributed by atoms with Crippen LogP contribution in [0.1, 0.15) is 27.6 Å². The molecule has 1 aliphatic rings. The van der Waals surface area contributed by atoms with Crippen LogP contribution in [0.15, 0.2) is 30.3 Å². The molecular weight excluding hydrogens is 449 g/mol. The first-order chi connectivity index (χ1) is 12.6. The standard InChI is InChI=1S/C17H15ClF6N2S.ClH/c18-14-2-1-13(27-14)15(26-5-3-25-4-6-26)10-7-11(16(19,20)21)9-12(8-10)17(22,23)24;/h1-2,7-9,15,25H,3-6H2;1H/t15-;/m0./s1. The third-order valence-corrected chi connectivity index (χ3v) is 5.59. The second-order valence-electron chi connectivity index (χ2n) is 6.17. The molecule has 0 amide bonds. The van der Waals surface area contributed by atoms with Gasteiger partial charge in [0.2, 0.25) is 0 Å². The van der Waals surface area contributed by atoms with Crippen molar-refractivity contribution in [1.82, 2.24) is 10.2 Å². The van der Waals surface area contributed by atoms with E-state index < -0.39 is 29.5 Å². The Morgan fingerprint density at radius 1 is 0.929 bits per heavy atom. The minimum Gasteiger partial charge on any atom is -0.314 e. The fourth-order valence-corrected chi connectivity index (χ4v) is 4.33. The molecule has 3 rings (SSSR count). The van der Waals surface area contributed by atoms with Crippen molar-refractivity contribution in [2.75, 3.05) is 26.2 Å². The van der Waals surface area contributed by atoms with Crippen LogP contribution in [0.3, 0.4) is 0 Å². The third-order valence-electron chi connectivity index (χ3n) is 4.31. The molecule has 1 atom stereocenters. The molecule has 1 saturated heterocycles. The van der Waals surface area contributed by atoms with Crippen LogP contribution in [0.2, 0.25) is 4.34 Å². The van der Waals surface area contributed by atoms with Gasteiger partial charge in [0.25, 0.3) is 0 Å². The fourth-order valence-electron chi connectivity index (χ4n) is 3.11. The van der Waals surface area contributed by atoms with Crippen LogP contribution < -0.4 is 5.32 Å². The summed E-state index contributed by atoms with van der Waals surface area (Å²) in [6, 6.07) is 4.26. The van der Waals surface area contributed by atoms with Gasteiger partial charge in [0, 0.05) is 31.1 Å². The topological polar surface area (TPSA) is 15.3 Å². The first-order valence-electron chi connectivity index (χ1n) is 8.05. The summed E-state index contributed by atoms with van der Waals surface area (Å²) >= 11 is 7.12. The molecule has 156 valence electrons. The number of halogens is 8. The number of nitrogens with one attached hydrogen (secondary N) is 1. The number of thiophene rings is 1. The van der Waals surface area contributed by atoms with E-state index >= 15 is 0 Å². The predicted octanol–water partition coefficient (Wildman–Crippen LogP) is 5.86. The lowest BCUT2D eigenvalue weighted by Gasteiger charge is -2.35. The predicted molar refractivity (Wildman–Crippen MR) is 99.3 cm³/mol. The van der Waals surface area contributed by atoms with Crippen molar-refractivity contribution in [1.29, 1.82) is 0 Å². The second-order valence-corrected chi connectivity index (χ2v) is 7.92. The normalized spacial score (nSPS) is 17.2. The number of nitrogens with zero attached hydrogens (tertiary/aromatic N) is 1. The highest BCUT2D eigenvalue weighted by Gasteiger charge is 2.38. The summed E-state index contributed by atoms with van der Waals surface area (Å²) in [5.74, 6) is 0. The van der Waals surface area contributed by atoms with Gasteiger partial charge in [0.05, 0.1) is 21.5 Å². The highest BCUT2D eigenvalue weighted by molar-refractivity contribution is 7.16. The second kappa shape index (κ2) is 8.79. The maximum absolute atomic E-state index is 13.2. The lowest BCUT2D eigenvalue weighted by Crippen LogP contribution is -2.45. The van der Waals surface area contributed by atoms with Crippen molar-refractivity contribution < 1.29 is 26.3 Å². The van der Waals surface area contributed by atoms with Gasteiger partial charge in [0.1, 0.15) is 0 Å². The van der Waals surface area contributed by atoms with Gasteiger partial charge in [-0.05, 0) is 35.9 Å². The minimum atomic E-state index is -4.88. The molecule has 2 heterocycles. The smallest absolute Gasteiger partial charge is 0.314 e. The van der Waals surface area contributed by atoms with E-state index in [9.17, 15) is 26.3 Å². The Labute approximate surface area is 172 Å². The zero-order chi connectivity index (χ0) is 19.8. The molecule has 0 aliphatic carbocycles. The molecule has 1 aromatic carbocycles. The van der Waals surface area contributed by atoms with Gasteiger partial charge >= 0.3 is 12.4 Å². The van der Waals surface area contributed by atoms with Crippen molar-refractivity contribution in [2.45, 2.75) is 18.4 Å². The molecule has 0 radical (unpaired) electrons. The first kappa shape index (κ1) is 23.3. The molecule has 2 aromatic rings. The monoisotopic (exact) mass is 464 g/mol. The van der Waals surface area contributed by atoms with E-state index in [1.807, 2.05) is 4.90 Å². The first-order valence-corrected chi connectivity index (χ1v) is 9.24. The third kappa shape index (κ3) is 5.33. The molecule has 0 unspecified atom stereocenters. The fraction of sp³-hybridized carbons (Fsp3) is 0.412. The molecule has 11 heteroatoms. The lowest BCUT2D eigenvalue weighted by molar-refractivity contribution is -0.143. The van der Waals surface area contributed by atoms with Gasteiger partial charge in [-0.2, -0.15) is 26.3 Å². The molecule has 2 nitrogen and oxygen atoms in total. The van der Waals surface area contributed by atoms with E-state index in [0.717, 1.165) is 23.5 Å². The Kier molecular flexibility index (Phi) is 7.31. The average molecular weight is 465 g/mol. The number of hydrogen-bond donors (Lipinski definition) is 1. The number of hydrogen-bond acceptors (Lipinski definition) is 3. The summed E-state index contributed by atoms with van der Waals surface area (Å²) < 4.78 is 79.9. The highest BCUT2D eigenvalue weighted by atomic mass is 35.5. The van der Waals surface area contributed by atoms with Crippen molar-refractivity contribution in [3.63, 3.8) is 0 Å². The highest BCUT2D eigenvalue weighted by Crippen LogP contribution is 2.41. The van der Waals surface area contributed by atoms with Crippen LogP contribution in [0, 0.1) is 0 Å². The van der Waals surface area contributed by atoms with Gasteiger partial charge in [-0.1, -0.05) is 11.6 Å². The van der Waals surface area contributed by atoms with E-state index in [0.29, 0.717) is 35.4 Å². The average Bonchev–Trinajstić information content (AvgIpc) is 3.00. The van der Waals surface area contributed by atoms with Gasteiger partial charge < -0.3 is 5.32 Å². The molecule has 0 bridgehead atoms.